The number of rotatable bonds is 3. The van der Waals surface area contributed by atoms with E-state index in [4.69, 9.17) is 10.2 Å². The Morgan fingerprint density at radius 1 is 1.16 bits per heavy atom. The number of likely N-dealkylation sites (tertiary alicyclic amines) is 1. The maximum absolute atomic E-state index is 13.0. The van der Waals surface area contributed by atoms with Crippen LogP contribution in [-0.4, -0.2) is 55.5 Å². The van der Waals surface area contributed by atoms with Crippen molar-refractivity contribution in [1.82, 2.24) is 24.4 Å². The summed E-state index contributed by atoms with van der Waals surface area (Å²) >= 11 is 0. The van der Waals surface area contributed by atoms with Crippen molar-refractivity contribution < 1.29 is 4.79 Å². The number of amides is 1. The van der Waals surface area contributed by atoms with Crippen LogP contribution in [-0.2, 0) is 7.05 Å². The molecule has 1 amide bonds. The van der Waals surface area contributed by atoms with Crippen LogP contribution in [0, 0.1) is 11.3 Å². The summed E-state index contributed by atoms with van der Waals surface area (Å²) in [7, 11) is 1.71. The lowest BCUT2D eigenvalue weighted by atomic mass is 10.1. The SMILES string of the molecule is Cn1c(N2CC3C[C@@H]2CN3C(=O)c2cccc(C#N)c2)nc(-c2ccncn2)cc1=O. The van der Waals surface area contributed by atoms with Crippen molar-refractivity contribution in [3.8, 4) is 17.5 Å². The molecule has 2 aliphatic rings. The molecule has 154 valence electrons. The molecule has 9 nitrogen and oxygen atoms in total. The molecule has 4 heterocycles. The van der Waals surface area contributed by atoms with E-state index in [-0.39, 0.29) is 23.6 Å². The highest BCUT2D eigenvalue weighted by Crippen LogP contribution is 2.34. The van der Waals surface area contributed by atoms with Crippen LogP contribution < -0.4 is 10.5 Å². The number of hydrogen-bond acceptors (Lipinski definition) is 7. The first kappa shape index (κ1) is 18.9. The van der Waals surface area contributed by atoms with Gasteiger partial charge in [0.15, 0.2) is 0 Å². The third-order valence-electron chi connectivity index (χ3n) is 5.95. The molecule has 1 aromatic carbocycles. The molecule has 5 rings (SSSR count). The highest BCUT2D eigenvalue weighted by atomic mass is 16.2. The number of aromatic nitrogens is 4. The van der Waals surface area contributed by atoms with Crippen molar-refractivity contribution in [2.75, 3.05) is 18.0 Å². The fourth-order valence-corrected chi connectivity index (χ4v) is 4.41. The fraction of sp³-hybridized carbons (Fsp3) is 0.273. The zero-order valence-corrected chi connectivity index (χ0v) is 16.8. The van der Waals surface area contributed by atoms with Crippen LogP contribution in [0.15, 0.2) is 53.7 Å². The van der Waals surface area contributed by atoms with E-state index in [9.17, 15) is 9.59 Å². The van der Waals surface area contributed by atoms with Gasteiger partial charge in [0.2, 0.25) is 5.95 Å². The predicted octanol–water partition coefficient (Wildman–Crippen LogP) is 1.21. The number of carbonyl (C=O) groups is 1. The van der Waals surface area contributed by atoms with Gasteiger partial charge in [-0.1, -0.05) is 6.07 Å². The molecule has 2 atom stereocenters. The molecule has 0 spiro atoms. The molecule has 0 saturated carbocycles. The smallest absolute Gasteiger partial charge is 0.255 e. The molecule has 2 saturated heterocycles. The van der Waals surface area contributed by atoms with Crippen molar-refractivity contribution in [2.24, 2.45) is 7.05 Å². The normalized spacial score (nSPS) is 19.5. The largest absolute Gasteiger partial charge is 0.335 e. The number of piperazine rings is 1. The van der Waals surface area contributed by atoms with Gasteiger partial charge in [-0.05, 0) is 30.7 Å². The molecule has 3 aromatic rings. The fourth-order valence-electron chi connectivity index (χ4n) is 4.41. The second kappa shape index (κ2) is 7.32. The summed E-state index contributed by atoms with van der Waals surface area (Å²) in [6, 6.07) is 12.2. The Balaban J connectivity index is 1.41. The number of nitriles is 1. The second-order valence-electron chi connectivity index (χ2n) is 7.78. The maximum atomic E-state index is 13.0. The van der Waals surface area contributed by atoms with E-state index in [2.05, 4.69) is 20.9 Å². The van der Waals surface area contributed by atoms with Crippen LogP contribution in [0.4, 0.5) is 5.95 Å². The topological polar surface area (TPSA) is 108 Å². The summed E-state index contributed by atoms with van der Waals surface area (Å²) in [6.07, 6.45) is 3.86. The number of anilines is 1. The van der Waals surface area contributed by atoms with Crippen molar-refractivity contribution in [1.29, 1.82) is 5.26 Å². The quantitative estimate of drug-likeness (QED) is 0.635. The molecule has 2 bridgehead atoms. The third kappa shape index (κ3) is 3.22. The molecular weight excluding hydrogens is 394 g/mol. The Morgan fingerprint density at radius 2 is 2.03 bits per heavy atom. The first-order chi connectivity index (χ1) is 15.0. The summed E-state index contributed by atoms with van der Waals surface area (Å²) in [4.78, 5) is 42.4. The Labute approximate surface area is 178 Å². The maximum Gasteiger partial charge on any atom is 0.255 e. The van der Waals surface area contributed by atoms with Crippen LogP contribution in [0.25, 0.3) is 11.4 Å². The van der Waals surface area contributed by atoms with Gasteiger partial charge in [-0.2, -0.15) is 5.26 Å². The van der Waals surface area contributed by atoms with Gasteiger partial charge in [0.25, 0.3) is 11.5 Å². The monoisotopic (exact) mass is 413 g/mol. The zero-order chi connectivity index (χ0) is 21.5. The number of nitrogens with zero attached hydrogens (tertiary/aromatic N) is 7. The minimum Gasteiger partial charge on any atom is -0.335 e. The molecule has 31 heavy (non-hydrogen) atoms. The Bertz CT molecular complexity index is 1260. The third-order valence-corrected chi connectivity index (χ3v) is 5.95. The van der Waals surface area contributed by atoms with Crippen LogP contribution >= 0.6 is 0 Å². The Morgan fingerprint density at radius 3 is 2.74 bits per heavy atom. The van der Waals surface area contributed by atoms with E-state index in [0.717, 1.165) is 6.42 Å². The minimum absolute atomic E-state index is 0.0304. The summed E-state index contributed by atoms with van der Waals surface area (Å²) in [6.45, 7) is 1.15. The van der Waals surface area contributed by atoms with Crippen molar-refractivity contribution in [3.63, 3.8) is 0 Å². The molecule has 2 fully saturated rings. The van der Waals surface area contributed by atoms with Crippen molar-refractivity contribution >= 4 is 11.9 Å². The van der Waals surface area contributed by atoms with Gasteiger partial charge in [-0.25, -0.2) is 15.0 Å². The molecule has 0 N–H and O–H groups in total. The van der Waals surface area contributed by atoms with Gasteiger partial charge >= 0.3 is 0 Å². The van der Waals surface area contributed by atoms with Crippen LogP contribution in [0.2, 0.25) is 0 Å². The van der Waals surface area contributed by atoms with Crippen molar-refractivity contribution in [2.45, 2.75) is 18.5 Å². The lowest BCUT2D eigenvalue weighted by Gasteiger charge is -2.35. The van der Waals surface area contributed by atoms with Crippen LogP contribution in [0.5, 0.6) is 0 Å². The van der Waals surface area contributed by atoms with Gasteiger partial charge in [-0.3, -0.25) is 14.2 Å². The highest BCUT2D eigenvalue weighted by molar-refractivity contribution is 5.95. The number of carbonyl (C=O) groups excluding carboxylic acids is 1. The number of hydrogen-bond donors (Lipinski definition) is 0. The molecule has 2 aromatic heterocycles. The van der Waals surface area contributed by atoms with E-state index in [0.29, 0.717) is 41.6 Å². The molecule has 0 aliphatic carbocycles. The van der Waals surface area contributed by atoms with Crippen molar-refractivity contribution in [3.05, 3.63) is 70.4 Å². The Hall–Kier alpha value is -4.06. The summed E-state index contributed by atoms with van der Waals surface area (Å²) in [5, 5.41) is 9.10. The number of benzene rings is 1. The standard InChI is InChI=1S/C22H19N7O2/c1-27-20(30)9-19(18-5-6-24-13-25-18)26-22(27)29-12-16-8-17(29)11-28(16)21(31)15-4-2-3-14(7-15)10-23/h2-7,9,13,16-17H,8,11-12H2,1H3/t16?,17-/m1/s1. The van der Waals surface area contributed by atoms with Crippen LogP contribution in [0.1, 0.15) is 22.3 Å². The molecule has 2 aliphatic heterocycles. The Kier molecular flexibility index (Phi) is 4.47. The van der Waals surface area contributed by atoms with Gasteiger partial charge in [0.05, 0.1) is 35.1 Å². The van der Waals surface area contributed by atoms with E-state index < -0.39 is 0 Å². The first-order valence-corrected chi connectivity index (χ1v) is 9.97. The average molecular weight is 413 g/mol. The lowest BCUT2D eigenvalue weighted by Crippen LogP contribution is -2.50. The van der Waals surface area contributed by atoms with Gasteiger partial charge in [0.1, 0.15) is 6.33 Å². The second-order valence-corrected chi connectivity index (χ2v) is 7.78. The summed E-state index contributed by atoms with van der Waals surface area (Å²) in [5.41, 5.74) is 1.92. The summed E-state index contributed by atoms with van der Waals surface area (Å²) < 4.78 is 1.54. The van der Waals surface area contributed by atoms with E-state index in [1.165, 1.54) is 17.0 Å². The van der Waals surface area contributed by atoms with Gasteiger partial charge < -0.3 is 9.80 Å². The number of fused-ring (bicyclic) bond motifs is 2. The highest BCUT2D eigenvalue weighted by Gasteiger charge is 2.46. The first-order valence-electron chi connectivity index (χ1n) is 9.97. The van der Waals surface area contributed by atoms with Gasteiger partial charge in [-0.15, -0.1) is 0 Å². The van der Waals surface area contributed by atoms with Gasteiger partial charge in [0, 0.05) is 38.0 Å². The zero-order valence-electron chi connectivity index (χ0n) is 16.8. The van der Waals surface area contributed by atoms with Crippen LogP contribution in [0.3, 0.4) is 0 Å². The minimum atomic E-state index is -0.164. The molecule has 0 radical (unpaired) electrons. The molecular formula is C22H19N7O2. The lowest BCUT2D eigenvalue weighted by molar-refractivity contribution is 0.0725. The molecule has 9 heteroatoms. The molecule has 1 unspecified atom stereocenters. The van der Waals surface area contributed by atoms with E-state index >= 15 is 0 Å². The predicted molar refractivity (Wildman–Crippen MR) is 112 cm³/mol. The van der Waals surface area contributed by atoms with E-state index in [1.54, 1.807) is 43.6 Å². The average Bonchev–Trinajstić information content (AvgIpc) is 3.42. The van der Waals surface area contributed by atoms with E-state index in [1.807, 2.05) is 4.90 Å². The summed E-state index contributed by atoms with van der Waals surface area (Å²) in [5.74, 6) is 0.507.